The van der Waals surface area contributed by atoms with Crippen molar-refractivity contribution in [2.45, 2.75) is 28.9 Å². The molecule has 0 aromatic heterocycles. The van der Waals surface area contributed by atoms with Crippen LogP contribution >= 0.6 is 34.8 Å². The molecule has 0 saturated heterocycles. The van der Waals surface area contributed by atoms with Crippen molar-refractivity contribution < 1.29 is 36.5 Å². The highest BCUT2D eigenvalue weighted by molar-refractivity contribution is 7.91. The molecular weight excluding hydrogens is 539 g/mol. The van der Waals surface area contributed by atoms with E-state index in [1.54, 1.807) is 0 Å². The van der Waals surface area contributed by atoms with Crippen LogP contribution in [-0.2, 0) is 19.7 Å². The van der Waals surface area contributed by atoms with Gasteiger partial charge in [-0.3, -0.25) is 0 Å². The van der Waals surface area contributed by atoms with Gasteiger partial charge in [-0.25, -0.2) is 16.8 Å². The average molecular weight is 562 g/mol. The standard InChI is InChI=1S/C20H23Cl3O8S2/c1-2-32(26,27)12-14(25)11-31-20-18(22)7-17(8-19(20)23)33(28,29)16-5-3-15(4-6-16)30-10-13(24)9-21/h3-8,13-14,24-25H,2,9-12H2,1H3. The summed E-state index contributed by atoms with van der Waals surface area (Å²) in [6.45, 7) is 1.02. The fourth-order valence-electron chi connectivity index (χ4n) is 2.56. The Hall–Kier alpha value is -1.27. The Morgan fingerprint density at radius 2 is 1.42 bits per heavy atom. The zero-order valence-electron chi connectivity index (χ0n) is 17.4. The van der Waals surface area contributed by atoms with Crippen LogP contribution in [0.3, 0.4) is 0 Å². The predicted octanol–water partition coefficient (Wildman–Crippen LogP) is 2.98. The van der Waals surface area contributed by atoms with E-state index in [4.69, 9.17) is 44.3 Å². The van der Waals surface area contributed by atoms with Gasteiger partial charge in [-0.1, -0.05) is 30.1 Å². The topological polar surface area (TPSA) is 127 Å². The van der Waals surface area contributed by atoms with Crippen molar-refractivity contribution in [3.8, 4) is 11.5 Å². The molecule has 0 aliphatic rings. The van der Waals surface area contributed by atoms with Gasteiger partial charge in [0.1, 0.15) is 31.2 Å². The number of hydrogen-bond donors (Lipinski definition) is 2. The molecule has 2 aromatic rings. The summed E-state index contributed by atoms with van der Waals surface area (Å²) in [5, 5.41) is 19.1. The highest BCUT2D eigenvalue weighted by atomic mass is 35.5. The molecule has 0 amide bonds. The number of ether oxygens (including phenoxy) is 2. The SMILES string of the molecule is CCS(=O)(=O)CC(O)COc1c(Cl)cc(S(=O)(=O)c2ccc(OCC(O)CCl)cc2)cc1Cl. The van der Waals surface area contributed by atoms with Crippen molar-refractivity contribution in [3.63, 3.8) is 0 Å². The summed E-state index contributed by atoms with van der Waals surface area (Å²) in [5.41, 5.74) is 0. The quantitative estimate of drug-likeness (QED) is 0.379. The van der Waals surface area contributed by atoms with Gasteiger partial charge >= 0.3 is 0 Å². The van der Waals surface area contributed by atoms with Crippen LogP contribution in [0.1, 0.15) is 6.92 Å². The van der Waals surface area contributed by atoms with Crippen LogP contribution < -0.4 is 9.47 Å². The van der Waals surface area contributed by atoms with Crippen LogP contribution in [-0.4, -0.2) is 69.9 Å². The Bertz CT molecular complexity index is 1130. The highest BCUT2D eigenvalue weighted by Gasteiger charge is 2.23. The molecule has 184 valence electrons. The lowest BCUT2D eigenvalue weighted by atomic mass is 10.3. The second-order valence-corrected chi connectivity index (χ2v) is 12.4. The van der Waals surface area contributed by atoms with E-state index in [9.17, 15) is 27.0 Å². The molecule has 0 saturated carbocycles. The average Bonchev–Trinajstić information content (AvgIpc) is 2.76. The molecule has 0 bridgehead atoms. The summed E-state index contributed by atoms with van der Waals surface area (Å²) in [4.78, 5) is -0.237. The number of aliphatic hydroxyl groups excluding tert-OH is 2. The van der Waals surface area contributed by atoms with Crippen molar-refractivity contribution in [3.05, 3.63) is 46.4 Å². The van der Waals surface area contributed by atoms with Crippen LogP contribution in [0, 0.1) is 0 Å². The Kier molecular flexibility index (Phi) is 10.1. The fourth-order valence-corrected chi connectivity index (χ4v) is 5.60. The lowest BCUT2D eigenvalue weighted by molar-refractivity contribution is 0.125. The van der Waals surface area contributed by atoms with Gasteiger partial charge in [0.2, 0.25) is 9.84 Å². The Morgan fingerprint density at radius 1 is 0.879 bits per heavy atom. The molecule has 2 N–H and O–H groups in total. The number of aliphatic hydroxyl groups is 2. The third-order valence-electron chi connectivity index (χ3n) is 4.34. The second kappa shape index (κ2) is 11.9. The normalized spacial score (nSPS) is 14.0. The molecule has 33 heavy (non-hydrogen) atoms. The third kappa shape index (κ3) is 7.88. The van der Waals surface area contributed by atoms with Crippen molar-refractivity contribution >= 4 is 54.5 Å². The number of sulfone groups is 2. The molecule has 0 aliphatic heterocycles. The van der Waals surface area contributed by atoms with Gasteiger partial charge in [-0.15, -0.1) is 11.6 Å². The largest absolute Gasteiger partial charge is 0.491 e. The van der Waals surface area contributed by atoms with Crippen molar-refractivity contribution in [2.75, 3.05) is 30.6 Å². The summed E-state index contributed by atoms with van der Waals surface area (Å²) in [7, 11) is -7.41. The van der Waals surface area contributed by atoms with Crippen LogP contribution in [0.25, 0.3) is 0 Å². The van der Waals surface area contributed by atoms with Crippen LogP contribution in [0.2, 0.25) is 10.0 Å². The number of hydrogen-bond acceptors (Lipinski definition) is 8. The molecule has 2 unspecified atom stereocenters. The number of halogens is 3. The van der Waals surface area contributed by atoms with E-state index in [0.29, 0.717) is 5.75 Å². The minimum Gasteiger partial charge on any atom is -0.491 e. The Balaban J connectivity index is 2.17. The molecule has 2 atom stereocenters. The predicted molar refractivity (Wildman–Crippen MR) is 126 cm³/mol. The van der Waals surface area contributed by atoms with E-state index < -0.39 is 44.2 Å². The maximum atomic E-state index is 13.0. The van der Waals surface area contributed by atoms with Crippen molar-refractivity contribution in [2.24, 2.45) is 0 Å². The van der Waals surface area contributed by atoms with E-state index in [1.165, 1.54) is 31.2 Å². The minimum absolute atomic E-state index is 0.00446. The summed E-state index contributed by atoms with van der Waals surface area (Å²) in [6, 6.07) is 7.81. The smallest absolute Gasteiger partial charge is 0.206 e. The fraction of sp³-hybridized carbons (Fsp3) is 0.400. The molecule has 13 heteroatoms. The van der Waals surface area contributed by atoms with Gasteiger partial charge in [-0.2, -0.15) is 0 Å². The van der Waals surface area contributed by atoms with Gasteiger partial charge in [0.15, 0.2) is 15.6 Å². The summed E-state index contributed by atoms with van der Waals surface area (Å²) in [5.74, 6) is -0.339. The number of benzene rings is 2. The first-order valence-electron chi connectivity index (χ1n) is 9.62. The molecule has 0 aliphatic carbocycles. The van der Waals surface area contributed by atoms with Crippen LogP contribution in [0.5, 0.6) is 11.5 Å². The molecule has 0 radical (unpaired) electrons. The van der Waals surface area contributed by atoms with E-state index in [2.05, 4.69) is 0 Å². The zero-order valence-corrected chi connectivity index (χ0v) is 21.3. The molecule has 0 fully saturated rings. The first-order chi connectivity index (χ1) is 15.4. The van der Waals surface area contributed by atoms with Gasteiger partial charge in [0, 0.05) is 5.75 Å². The summed E-state index contributed by atoms with van der Waals surface area (Å²) in [6.07, 6.45) is -2.16. The van der Waals surface area contributed by atoms with Crippen LogP contribution in [0.4, 0.5) is 0 Å². The van der Waals surface area contributed by atoms with Crippen molar-refractivity contribution in [1.82, 2.24) is 0 Å². The minimum atomic E-state index is -3.99. The number of alkyl halides is 1. The molecule has 8 nitrogen and oxygen atoms in total. The maximum absolute atomic E-state index is 13.0. The van der Waals surface area contributed by atoms with Crippen molar-refractivity contribution in [1.29, 1.82) is 0 Å². The third-order valence-corrected chi connectivity index (χ3v) is 8.78. The van der Waals surface area contributed by atoms with E-state index in [1.807, 2.05) is 0 Å². The lowest BCUT2D eigenvalue weighted by Gasteiger charge is -2.15. The summed E-state index contributed by atoms with van der Waals surface area (Å²) < 4.78 is 59.8. The first kappa shape index (κ1) is 28.0. The lowest BCUT2D eigenvalue weighted by Crippen LogP contribution is -2.28. The Labute approximate surface area is 207 Å². The van der Waals surface area contributed by atoms with E-state index >= 15 is 0 Å². The van der Waals surface area contributed by atoms with E-state index in [0.717, 1.165) is 12.1 Å². The van der Waals surface area contributed by atoms with Gasteiger partial charge in [-0.05, 0) is 36.4 Å². The maximum Gasteiger partial charge on any atom is 0.206 e. The Morgan fingerprint density at radius 3 is 1.94 bits per heavy atom. The summed E-state index contributed by atoms with van der Waals surface area (Å²) >= 11 is 17.8. The highest BCUT2D eigenvalue weighted by Crippen LogP contribution is 2.37. The monoisotopic (exact) mass is 560 g/mol. The first-order valence-corrected chi connectivity index (χ1v) is 14.2. The molecule has 0 heterocycles. The molecule has 2 rings (SSSR count). The molecular formula is C20H23Cl3O8S2. The zero-order chi connectivity index (χ0) is 24.8. The van der Waals surface area contributed by atoms with Gasteiger partial charge in [0.25, 0.3) is 0 Å². The van der Waals surface area contributed by atoms with E-state index in [-0.39, 0.29) is 43.8 Å². The van der Waals surface area contributed by atoms with Gasteiger partial charge < -0.3 is 19.7 Å². The molecule has 2 aromatic carbocycles. The van der Waals surface area contributed by atoms with Crippen LogP contribution in [0.15, 0.2) is 46.2 Å². The van der Waals surface area contributed by atoms with Gasteiger partial charge in [0.05, 0.1) is 31.5 Å². The molecule has 0 spiro atoms. The number of rotatable bonds is 12. The second-order valence-electron chi connectivity index (χ2n) is 6.97.